The Morgan fingerprint density at radius 1 is 1.42 bits per heavy atom. The van der Waals surface area contributed by atoms with Crippen LogP contribution in [0.15, 0.2) is 21.8 Å². The number of rotatable bonds is 5. The second-order valence-electron chi connectivity index (χ2n) is 6.90. The molecule has 2 saturated heterocycles. The van der Waals surface area contributed by atoms with Crippen molar-refractivity contribution in [3.63, 3.8) is 0 Å². The number of ether oxygens (including phenoxy) is 1. The molecule has 0 radical (unpaired) electrons. The molecule has 2 unspecified atom stereocenters. The zero-order valence-corrected chi connectivity index (χ0v) is 15.7. The predicted octanol–water partition coefficient (Wildman–Crippen LogP) is 2.08. The lowest BCUT2D eigenvalue weighted by molar-refractivity contribution is 0.0315. The van der Waals surface area contributed by atoms with Crippen LogP contribution in [0.2, 0.25) is 0 Å². The Morgan fingerprint density at radius 2 is 2.25 bits per heavy atom. The van der Waals surface area contributed by atoms with Gasteiger partial charge in [-0.25, -0.2) is 0 Å². The minimum atomic E-state index is 0.514. The fourth-order valence-electron chi connectivity index (χ4n) is 3.57. The standard InChI is InChI=1S/C18H30N4OS/c1-15(17-4-10-24-14-17)11-20-18(19-2)22-5-3-16(13-22)12-21-6-8-23-9-7-21/h4,10,14-16H,3,5-9,11-13H2,1-2H3,(H,19,20). The Hall–Kier alpha value is -1.11. The number of likely N-dealkylation sites (tertiary alicyclic amines) is 1. The van der Waals surface area contributed by atoms with Crippen molar-refractivity contribution in [2.45, 2.75) is 19.3 Å². The minimum Gasteiger partial charge on any atom is -0.379 e. The highest BCUT2D eigenvalue weighted by atomic mass is 32.1. The first-order valence-corrected chi connectivity index (χ1v) is 9.98. The molecule has 1 N–H and O–H groups in total. The minimum absolute atomic E-state index is 0.514. The number of nitrogens with zero attached hydrogens (tertiary/aromatic N) is 3. The van der Waals surface area contributed by atoms with Gasteiger partial charge in [-0.3, -0.25) is 9.89 Å². The molecule has 1 aromatic rings. The maximum absolute atomic E-state index is 5.45. The molecule has 0 aliphatic carbocycles. The van der Waals surface area contributed by atoms with Crippen molar-refractivity contribution >= 4 is 17.3 Å². The summed E-state index contributed by atoms with van der Waals surface area (Å²) in [5.74, 6) is 2.32. The highest BCUT2D eigenvalue weighted by molar-refractivity contribution is 7.07. The Labute approximate surface area is 149 Å². The van der Waals surface area contributed by atoms with Gasteiger partial charge >= 0.3 is 0 Å². The summed E-state index contributed by atoms with van der Waals surface area (Å²) >= 11 is 1.77. The number of aliphatic imine (C=N–C) groups is 1. The SMILES string of the molecule is CN=C(NCC(C)c1ccsc1)N1CCC(CN2CCOCC2)C1. The van der Waals surface area contributed by atoms with Crippen LogP contribution in [0.5, 0.6) is 0 Å². The molecule has 5 nitrogen and oxygen atoms in total. The van der Waals surface area contributed by atoms with Gasteiger partial charge in [0.05, 0.1) is 13.2 Å². The van der Waals surface area contributed by atoms with Gasteiger partial charge < -0.3 is 15.0 Å². The zero-order chi connectivity index (χ0) is 16.8. The van der Waals surface area contributed by atoms with E-state index < -0.39 is 0 Å². The molecule has 2 aliphatic rings. The van der Waals surface area contributed by atoms with Crippen molar-refractivity contribution in [3.8, 4) is 0 Å². The molecule has 24 heavy (non-hydrogen) atoms. The molecule has 134 valence electrons. The van der Waals surface area contributed by atoms with Crippen LogP contribution in [0, 0.1) is 5.92 Å². The van der Waals surface area contributed by atoms with Gasteiger partial charge in [-0.1, -0.05) is 6.92 Å². The Bertz CT molecular complexity index is 513. The average molecular weight is 351 g/mol. The predicted molar refractivity (Wildman–Crippen MR) is 101 cm³/mol. The molecular formula is C18H30N4OS. The third kappa shape index (κ3) is 4.71. The maximum Gasteiger partial charge on any atom is 0.193 e. The van der Waals surface area contributed by atoms with Crippen LogP contribution >= 0.6 is 11.3 Å². The van der Waals surface area contributed by atoms with Gasteiger partial charge in [0.1, 0.15) is 0 Å². The van der Waals surface area contributed by atoms with Crippen molar-refractivity contribution in [1.29, 1.82) is 0 Å². The van der Waals surface area contributed by atoms with Gasteiger partial charge in [0.25, 0.3) is 0 Å². The summed E-state index contributed by atoms with van der Waals surface area (Å²) in [6, 6.07) is 2.22. The summed E-state index contributed by atoms with van der Waals surface area (Å²) < 4.78 is 5.45. The van der Waals surface area contributed by atoms with Gasteiger partial charge in [-0.2, -0.15) is 11.3 Å². The summed E-state index contributed by atoms with van der Waals surface area (Å²) in [4.78, 5) is 9.48. The monoisotopic (exact) mass is 350 g/mol. The van der Waals surface area contributed by atoms with E-state index in [0.29, 0.717) is 5.92 Å². The largest absolute Gasteiger partial charge is 0.379 e. The lowest BCUT2D eigenvalue weighted by Crippen LogP contribution is -2.43. The molecule has 0 bridgehead atoms. The number of hydrogen-bond acceptors (Lipinski definition) is 4. The molecule has 0 amide bonds. The van der Waals surface area contributed by atoms with E-state index in [0.717, 1.165) is 57.8 Å². The molecule has 3 rings (SSSR count). The second kappa shape index (κ2) is 8.83. The summed E-state index contributed by atoms with van der Waals surface area (Å²) in [6.07, 6.45) is 1.26. The Kier molecular flexibility index (Phi) is 6.51. The molecule has 3 heterocycles. The van der Waals surface area contributed by atoms with Gasteiger partial charge in [-0.15, -0.1) is 0 Å². The first-order valence-electron chi connectivity index (χ1n) is 9.04. The van der Waals surface area contributed by atoms with E-state index in [4.69, 9.17) is 4.74 Å². The lowest BCUT2D eigenvalue weighted by atomic mass is 10.1. The van der Waals surface area contributed by atoms with Crippen molar-refractivity contribution in [3.05, 3.63) is 22.4 Å². The van der Waals surface area contributed by atoms with E-state index in [1.54, 1.807) is 11.3 Å². The summed E-state index contributed by atoms with van der Waals surface area (Å²) in [6.45, 7) is 10.6. The Morgan fingerprint density at radius 3 is 2.96 bits per heavy atom. The van der Waals surface area contributed by atoms with E-state index in [-0.39, 0.29) is 0 Å². The average Bonchev–Trinajstić information content (AvgIpc) is 3.28. The van der Waals surface area contributed by atoms with Gasteiger partial charge in [0.2, 0.25) is 0 Å². The third-order valence-corrected chi connectivity index (χ3v) is 5.80. The first-order chi connectivity index (χ1) is 11.8. The van der Waals surface area contributed by atoms with Crippen molar-refractivity contribution in [2.75, 3.05) is 59.5 Å². The first kappa shape index (κ1) is 17.7. The highest BCUT2D eigenvalue weighted by Gasteiger charge is 2.27. The van der Waals surface area contributed by atoms with Gasteiger partial charge in [0, 0.05) is 46.3 Å². The Balaban J connectivity index is 1.44. The van der Waals surface area contributed by atoms with Crippen LogP contribution in [0.1, 0.15) is 24.8 Å². The van der Waals surface area contributed by atoms with Crippen molar-refractivity contribution in [1.82, 2.24) is 15.1 Å². The highest BCUT2D eigenvalue weighted by Crippen LogP contribution is 2.20. The molecule has 0 spiro atoms. The number of nitrogens with one attached hydrogen (secondary N) is 1. The lowest BCUT2D eigenvalue weighted by Gasteiger charge is -2.29. The molecule has 0 aromatic carbocycles. The van der Waals surface area contributed by atoms with Crippen LogP contribution < -0.4 is 5.32 Å². The number of thiophene rings is 1. The van der Waals surface area contributed by atoms with Crippen LogP contribution in [0.25, 0.3) is 0 Å². The molecule has 0 saturated carbocycles. The van der Waals surface area contributed by atoms with E-state index in [1.165, 1.54) is 18.5 Å². The zero-order valence-electron chi connectivity index (χ0n) is 14.9. The molecular weight excluding hydrogens is 320 g/mol. The third-order valence-electron chi connectivity index (χ3n) is 5.10. The molecule has 2 aliphatic heterocycles. The fraction of sp³-hybridized carbons (Fsp3) is 0.722. The van der Waals surface area contributed by atoms with Crippen LogP contribution in [0.4, 0.5) is 0 Å². The number of hydrogen-bond donors (Lipinski definition) is 1. The summed E-state index contributed by atoms with van der Waals surface area (Å²) in [7, 11) is 1.90. The fourth-order valence-corrected chi connectivity index (χ4v) is 4.36. The van der Waals surface area contributed by atoms with Crippen LogP contribution in [0.3, 0.4) is 0 Å². The molecule has 2 fully saturated rings. The molecule has 1 aromatic heterocycles. The summed E-state index contributed by atoms with van der Waals surface area (Å²) in [5.41, 5.74) is 1.41. The molecule has 2 atom stereocenters. The van der Waals surface area contributed by atoms with Crippen LogP contribution in [-0.2, 0) is 4.74 Å². The maximum atomic E-state index is 5.45. The van der Waals surface area contributed by atoms with Crippen LogP contribution in [-0.4, -0.2) is 75.3 Å². The van der Waals surface area contributed by atoms with E-state index in [9.17, 15) is 0 Å². The number of morpholine rings is 1. The van der Waals surface area contributed by atoms with E-state index >= 15 is 0 Å². The number of guanidine groups is 1. The van der Waals surface area contributed by atoms with Crippen molar-refractivity contribution in [2.24, 2.45) is 10.9 Å². The van der Waals surface area contributed by atoms with Gasteiger partial charge in [-0.05, 0) is 40.6 Å². The molecule has 6 heteroatoms. The summed E-state index contributed by atoms with van der Waals surface area (Å²) in [5, 5.41) is 7.96. The smallest absolute Gasteiger partial charge is 0.193 e. The quantitative estimate of drug-likeness (QED) is 0.652. The van der Waals surface area contributed by atoms with Gasteiger partial charge in [0.15, 0.2) is 5.96 Å². The topological polar surface area (TPSA) is 40.1 Å². The second-order valence-corrected chi connectivity index (χ2v) is 7.68. The van der Waals surface area contributed by atoms with E-state index in [1.807, 2.05) is 7.05 Å². The van der Waals surface area contributed by atoms with E-state index in [2.05, 4.69) is 43.9 Å². The normalized spacial score (nSPS) is 24.3. The van der Waals surface area contributed by atoms with Crippen molar-refractivity contribution < 1.29 is 4.74 Å².